The molecule has 1 aromatic carbocycles. The number of hydrazone groups is 1. The zero-order valence-electron chi connectivity index (χ0n) is 15.5. The molecule has 2 aliphatic rings. The van der Waals surface area contributed by atoms with Crippen molar-refractivity contribution in [2.75, 3.05) is 54.6 Å². The van der Waals surface area contributed by atoms with Crippen LogP contribution >= 0.6 is 0 Å². The maximum Gasteiger partial charge on any atom is 0.250 e. The molecule has 2 aromatic rings. The summed E-state index contributed by atoms with van der Waals surface area (Å²) in [5.41, 5.74) is 3.48. The second-order valence-electron chi connectivity index (χ2n) is 6.67. The molecule has 0 spiro atoms. The fourth-order valence-corrected chi connectivity index (χ4v) is 3.15. The summed E-state index contributed by atoms with van der Waals surface area (Å²) in [7, 11) is 0. The standard InChI is InChI=1S/C18H23N7O3/c26-14-4-3-13(11-15(14)27)12-19-23-16-20-17(24-5-1-2-6-24)22-18(21-16)25-7-9-28-10-8-25/h3-4,11-12,26-27H,1-2,5-10H2,(H,20,21,22,23). The van der Waals surface area contributed by atoms with Gasteiger partial charge in [0.1, 0.15) is 0 Å². The Morgan fingerprint density at radius 2 is 1.61 bits per heavy atom. The van der Waals surface area contributed by atoms with Crippen LogP contribution in [0.15, 0.2) is 23.3 Å². The van der Waals surface area contributed by atoms with Crippen LogP contribution < -0.4 is 15.2 Å². The minimum absolute atomic E-state index is 0.173. The van der Waals surface area contributed by atoms with Crippen LogP contribution in [0.4, 0.5) is 17.8 Å². The minimum Gasteiger partial charge on any atom is -0.504 e. The van der Waals surface area contributed by atoms with E-state index in [-0.39, 0.29) is 11.5 Å². The van der Waals surface area contributed by atoms with Gasteiger partial charge in [-0.2, -0.15) is 20.1 Å². The van der Waals surface area contributed by atoms with Crippen LogP contribution in [0.1, 0.15) is 18.4 Å². The summed E-state index contributed by atoms with van der Waals surface area (Å²) in [6.45, 7) is 4.63. The first kappa shape index (κ1) is 18.2. The summed E-state index contributed by atoms with van der Waals surface area (Å²) < 4.78 is 5.41. The average molecular weight is 385 g/mol. The molecule has 28 heavy (non-hydrogen) atoms. The van der Waals surface area contributed by atoms with Gasteiger partial charge < -0.3 is 24.7 Å². The lowest BCUT2D eigenvalue weighted by atomic mass is 10.2. The van der Waals surface area contributed by atoms with Crippen molar-refractivity contribution < 1.29 is 14.9 Å². The van der Waals surface area contributed by atoms with Crippen molar-refractivity contribution in [1.29, 1.82) is 0 Å². The van der Waals surface area contributed by atoms with Crippen LogP contribution in [0, 0.1) is 0 Å². The molecule has 3 heterocycles. The van der Waals surface area contributed by atoms with Crippen LogP contribution in [0.3, 0.4) is 0 Å². The monoisotopic (exact) mass is 385 g/mol. The molecule has 1 aromatic heterocycles. The molecule has 148 valence electrons. The summed E-state index contributed by atoms with van der Waals surface area (Å²) in [5, 5.41) is 23.1. The molecule has 0 amide bonds. The van der Waals surface area contributed by atoms with Gasteiger partial charge >= 0.3 is 0 Å². The number of anilines is 3. The Bertz CT molecular complexity index is 849. The second-order valence-corrected chi connectivity index (χ2v) is 6.67. The molecule has 0 atom stereocenters. The lowest BCUT2D eigenvalue weighted by molar-refractivity contribution is 0.122. The fourth-order valence-electron chi connectivity index (χ4n) is 3.15. The van der Waals surface area contributed by atoms with E-state index in [1.165, 1.54) is 18.3 Å². The van der Waals surface area contributed by atoms with Gasteiger partial charge in [0.15, 0.2) is 11.5 Å². The highest BCUT2D eigenvalue weighted by Crippen LogP contribution is 2.24. The number of hydrogen-bond acceptors (Lipinski definition) is 10. The maximum absolute atomic E-state index is 9.57. The van der Waals surface area contributed by atoms with Crippen LogP contribution in [0.25, 0.3) is 0 Å². The molecule has 0 unspecified atom stereocenters. The molecule has 0 aliphatic carbocycles. The largest absolute Gasteiger partial charge is 0.504 e. The van der Waals surface area contributed by atoms with E-state index in [4.69, 9.17) is 4.74 Å². The highest BCUT2D eigenvalue weighted by Gasteiger charge is 2.21. The molecule has 2 fully saturated rings. The maximum atomic E-state index is 9.57. The molecular formula is C18H23N7O3. The molecule has 10 heteroatoms. The van der Waals surface area contributed by atoms with Crippen molar-refractivity contribution in [3.05, 3.63) is 23.8 Å². The van der Waals surface area contributed by atoms with E-state index in [2.05, 4.69) is 35.3 Å². The zero-order valence-corrected chi connectivity index (χ0v) is 15.5. The predicted octanol–water partition coefficient (Wildman–Crippen LogP) is 1.17. The van der Waals surface area contributed by atoms with Gasteiger partial charge in [0, 0.05) is 26.2 Å². The summed E-state index contributed by atoms with van der Waals surface area (Å²) in [5.74, 6) is 1.25. The smallest absolute Gasteiger partial charge is 0.250 e. The van der Waals surface area contributed by atoms with E-state index in [0.29, 0.717) is 36.6 Å². The van der Waals surface area contributed by atoms with Crippen molar-refractivity contribution in [3.63, 3.8) is 0 Å². The molecule has 3 N–H and O–H groups in total. The van der Waals surface area contributed by atoms with Crippen molar-refractivity contribution in [2.24, 2.45) is 5.10 Å². The predicted molar refractivity (Wildman–Crippen MR) is 105 cm³/mol. The zero-order chi connectivity index (χ0) is 19.3. The Balaban J connectivity index is 1.54. The van der Waals surface area contributed by atoms with E-state index >= 15 is 0 Å². The number of benzene rings is 1. The number of aromatic nitrogens is 3. The van der Waals surface area contributed by atoms with Crippen molar-refractivity contribution in [2.45, 2.75) is 12.8 Å². The number of phenols is 2. The molecule has 2 aliphatic heterocycles. The van der Waals surface area contributed by atoms with Gasteiger partial charge in [-0.05, 0) is 36.6 Å². The number of nitrogens with one attached hydrogen (secondary N) is 1. The quantitative estimate of drug-likeness (QED) is 0.396. The van der Waals surface area contributed by atoms with Gasteiger partial charge in [0.25, 0.3) is 0 Å². The van der Waals surface area contributed by atoms with Gasteiger partial charge in [-0.3, -0.25) is 0 Å². The Kier molecular flexibility index (Phi) is 5.38. The Morgan fingerprint density at radius 3 is 2.29 bits per heavy atom. The van der Waals surface area contributed by atoms with Crippen LogP contribution in [-0.2, 0) is 4.74 Å². The third-order valence-electron chi connectivity index (χ3n) is 4.67. The molecular weight excluding hydrogens is 362 g/mol. The molecule has 0 radical (unpaired) electrons. The van der Waals surface area contributed by atoms with E-state index in [1.54, 1.807) is 6.07 Å². The molecule has 0 bridgehead atoms. The summed E-state index contributed by atoms with van der Waals surface area (Å²) in [6.07, 6.45) is 3.78. The highest BCUT2D eigenvalue weighted by molar-refractivity contribution is 5.81. The number of nitrogens with zero attached hydrogens (tertiary/aromatic N) is 6. The third kappa shape index (κ3) is 4.22. The Morgan fingerprint density at radius 1 is 0.929 bits per heavy atom. The lowest BCUT2D eigenvalue weighted by Crippen LogP contribution is -2.38. The summed E-state index contributed by atoms with van der Waals surface area (Å²) >= 11 is 0. The lowest BCUT2D eigenvalue weighted by Gasteiger charge is -2.27. The number of morpholine rings is 1. The molecule has 2 saturated heterocycles. The highest BCUT2D eigenvalue weighted by atomic mass is 16.5. The van der Waals surface area contributed by atoms with Gasteiger partial charge in [0.05, 0.1) is 19.4 Å². The van der Waals surface area contributed by atoms with Gasteiger partial charge in [-0.25, -0.2) is 5.43 Å². The van der Waals surface area contributed by atoms with Crippen LogP contribution in [-0.4, -0.2) is 70.8 Å². The first-order chi connectivity index (χ1) is 13.7. The second kappa shape index (κ2) is 8.26. The fraction of sp³-hybridized carbons (Fsp3) is 0.444. The molecule has 0 saturated carbocycles. The summed E-state index contributed by atoms with van der Waals surface area (Å²) in [6, 6.07) is 4.47. The average Bonchev–Trinajstić information content (AvgIpc) is 3.26. The SMILES string of the molecule is Oc1ccc(C=NNc2nc(N3CCCC3)nc(N3CCOCC3)n2)cc1O. The van der Waals surface area contributed by atoms with Gasteiger partial charge in [-0.1, -0.05) is 0 Å². The van der Waals surface area contributed by atoms with Crippen molar-refractivity contribution in [1.82, 2.24) is 15.0 Å². The van der Waals surface area contributed by atoms with E-state index in [0.717, 1.165) is 39.0 Å². The van der Waals surface area contributed by atoms with E-state index in [1.807, 2.05) is 0 Å². The van der Waals surface area contributed by atoms with E-state index in [9.17, 15) is 10.2 Å². The Hall–Kier alpha value is -3.14. The number of hydrogen-bond donors (Lipinski definition) is 3. The first-order valence-electron chi connectivity index (χ1n) is 9.34. The first-order valence-corrected chi connectivity index (χ1v) is 9.34. The number of ether oxygens (including phenoxy) is 1. The number of phenolic OH excluding ortho intramolecular Hbond substituents is 2. The third-order valence-corrected chi connectivity index (χ3v) is 4.67. The van der Waals surface area contributed by atoms with Crippen molar-refractivity contribution in [3.8, 4) is 11.5 Å². The topological polar surface area (TPSA) is 119 Å². The molecule has 4 rings (SSSR count). The minimum atomic E-state index is -0.199. The molecule has 10 nitrogen and oxygen atoms in total. The van der Waals surface area contributed by atoms with Gasteiger partial charge in [-0.15, -0.1) is 0 Å². The normalized spacial score (nSPS) is 17.4. The van der Waals surface area contributed by atoms with Crippen molar-refractivity contribution >= 4 is 24.1 Å². The van der Waals surface area contributed by atoms with Crippen LogP contribution in [0.2, 0.25) is 0 Å². The van der Waals surface area contributed by atoms with Crippen LogP contribution in [0.5, 0.6) is 11.5 Å². The van der Waals surface area contributed by atoms with Gasteiger partial charge in [0.2, 0.25) is 17.8 Å². The Labute approximate surface area is 162 Å². The number of rotatable bonds is 5. The van der Waals surface area contributed by atoms with E-state index < -0.39 is 0 Å². The summed E-state index contributed by atoms with van der Waals surface area (Å²) in [4.78, 5) is 17.9. The number of aromatic hydroxyl groups is 2.